The summed E-state index contributed by atoms with van der Waals surface area (Å²) in [7, 11) is 0. The number of nitrogens with zero attached hydrogens (tertiary/aromatic N) is 2. The lowest BCUT2D eigenvalue weighted by molar-refractivity contribution is -0.126. The van der Waals surface area contributed by atoms with Crippen LogP contribution in [0.5, 0.6) is 0 Å². The molecule has 0 aromatic heterocycles. The molecule has 0 bridgehead atoms. The zero-order chi connectivity index (χ0) is 19.9. The Morgan fingerprint density at radius 3 is 2.36 bits per heavy atom. The first-order chi connectivity index (χ1) is 13.5. The Labute approximate surface area is 169 Å². The SMILES string of the molecule is C[C@@H]1C[C@@H](C)CN(CCCNC(=O)C2CCN(Cc3ccc(F)cc3)CC2)C1. The molecule has 0 spiro atoms. The predicted octanol–water partition coefficient (Wildman–Crippen LogP) is 3.52. The van der Waals surface area contributed by atoms with Crippen LogP contribution < -0.4 is 5.32 Å². The summed E-state index contributed by atoms with van der Waals surface area (Å²) in [5.74, 6) is 1.75. The van der Waals surface area contributed by atoms with Crippen LogP contribution in [-0.4, -0.2) is 55.0 Å². The summed E-state index contributed by atoms with van der Waals surface area (Å²) in [6.45, 7) is 11.6. The van der Waals surface area contributed by atoms with Crippen molar-refractivity contribution in [2.45, 2.75) is 46.1 Å². The molecule has 0 radical (unpaired) electrons. The van der Waals surface area contributed by atoms with Gasteiger partial charge in [0.1, 0.15) is 5.82 Å². The Morgan fingerprint density at radius 2 is 1.71 bits per heavy atom. The van der Waals surface area contributed by atoms with E-state index in [9.17, 15) is 9.18 Å². The van der Waals surface area contributed by atoms with Crippen LogP contribution in [0.15, 0.2) is 24.3 Å². The lowest BCUT2D eigenvalue weighted by atomic mass is 9.92. The summed E-state index contributed by atoms with van der Waals surface area (Å²) in [5.41, 5.74) is 1.13. The molecule has 28 heavy (non-hydrogen) atoms. The van der Waals surface area contributed by atoms with Gasteiger partial charge in [0.05, 0.1) is 0 Å². The van der Waals surface area contributed by atoms with Crippen LogP contribution in [0.4, 0.5) is 4.39 Å². The van der Waals surface area contributed by atoms with E-state index in [0.717, 1.165) is 69.4 Å². The largest absolute Gasteiger partial charge is 0.356 e. The Morgan fingerprint density at radius 1 is 1.07 bits per heavy atom. The van der Waals surface area contributed by atoms with Crippen LogP contribution in [0.3, 0.4) is 0 Å². The van der Waals surface area contributed by atoms with Crippen LogP contribution in [0.25, 0.3) is 0 Å². The number of halogens is 1. The molecule has 1 amide bonds. The van der Waals surface area contributed by atoms with E-state index in [0.29, 0.717) is 0 Å². The van der Waals surface area contributed by atoms with Crippen molar-refractivity contribution >= 4 is 5.91 Å². The Hall–Kier alpha value is -1.46. The summed E-state index contributed by atoms with van der Waals surface area (Å²) in [6, 6.07) is 6.72. The highest BCUT2D eigenvalue weighted by Gasteiger charge is 2.25. The summed E-state index contributed by atoms with van der Waals surface area (Å²) in [6.07, 6.45) is 4.20. The molecule has 156 valence electrons. The van der Waals surface area contributed by atoms with Gasteiger partial charge in [-0.2, -0.15) is 0 Å². The fourth-order valence-electron chi connectivity index (χ4n) is 4.83. The second kappa shape index (κ2) is 10.4. The van der Waals surface area contributed by atoms with Crippen LogP contribution in [0.1, 0.15) is 45.1 Å². The molecule has 0 saturated carbocycles. The number of carbonyl (C=O) groups excluding carboxylic acids is 1. The number of amides is 1. The number of piperidine rings is 2. The summed E-state index contributed by atoms with van der Waals surface area (Å²) in [5, 5.41) is 3.16. The Kier molecular flexibility index (Phi) is 7.86. The van der Waals surface area contributed by atoms with Crippen molar-refractivity contribution in [3.63, 3.8) is 0 Å². The minimum absolute atomic E-state index is 0.138. The zero-order valence-corrected chi connectivity index (χ0v) is 17.5. The van der Waals surface area contributed by atoms with E-state index in [4.69, 9.17) is 0 Å². The van der Waals surface area contributed by atoms with E-state index >= 15 is 0 Å². The number of likely N-dealkylation sites (tertiary alicyclic amines) is 2. The third-order valence-electron chi connectivity index (χ3n) is 6.17. The van der Waals surface area contributed by atoms with E-state index in [2.05, 4.69) is 29.0 Å². The van der Waals surface area contributed by atoms with Crippen molar-refractivity contribution in [3.05, 3.63) is 35.6 Å². The monoisotopic (exact) mass is 389 g/mol. The van der Waals surface area contributed by atoms with Gasteiger partial charge in [-0.05, 0) is 74.8 Å². The predicted molar refractivity (Wildman–Crippen MR) is 111 cm³/mol. The first-order valence-corrected chi connectivity index (χ1v) is 11.0. The summed E-state index contributed by atoms with van der Waals surface area (Å²) >= 11 is 0. The average molecular weight is 390 g/mol. The van der Waals surface area contributed by atoms with Crippen molar-refractivity contribution in [2.24, 2.45) is 17.8 Å². The van der Waals surface area contributed by atoms with Gasteiger partial charge < -0.3 is 10.2 Å². The molecule has 2 aliphatic rings. The maximum Gasteiger partial charge on any atom is 0.223 e. The van der Waals surface area contributed by atoms with Crippen molar-refractivity contribution < 1.29 is 9.18 Å². The van der Waals surface area contributed by atoms with Gasteiger partial charge in [0, 0.05) is 32.1 Å². The van der Waals surface area contributed by atoms with E-state index in [1.807, 2.05) is 12.1 Å². The molecule has 4 nitrogen and oxygen atoms in total. The minimum atomic E-state index is -0.191. The van der Waals surface area contributed by atoms with Gasteiger partial charge in [0.25, 0.3) is 0 Å². The quantitative estimate of drug-likeness (QED) is 0.725. The van der Waals surface area contributed by atoms with Crippen LogP contribution in [-0.2, 0) is 11.3 Å². The highest BCUT2D eigenvalue weighted by Crippen LogP contribution is 2.21. The molecule has 1 aromatic rings. The van der Waals surface area contributed by atoms with Gasteiger partial charge in [-0.25, -0.2) is 4.39 Å². The van der Waals surface area contributed by atoms with Gasteiger partial charge >= 0.3 is 0 Å². The zero-order valence-electron chi connectivity index (χ0n) is 17.5. The number of benzene rings is 1. The molecule has 2 fully saturated rings. The van der Waals surface area contributed by atoms with Crippen LogP contribution >= 0.6 is 0 Å². The fraction of sp³-hybridized carbons (Fsp3) is 0.696. The molecule has 1 N–H and O–H groups in total. The topological polar surface area (TPSA) is 35.6 Å². The molecular formula is C23H36FN3O. The average Bonchev–Trinajstić information content (AvgIpc) is 2.67. The maximum atomic E-state index is 13.0. The molecule has 0 aliphatic carbocycles. The van der Waals surface area contributed by atoms with Crippen molar-refractivity contribution in [1.82, 2.24) is 15.1 Å². The molecule has 2 aliphatic heterocycles. The number of hydrogen-bond acceptors (Lipinski definition) is 3. The molecule has 2 heterocycles. The van der Waals surface area contributed by atoms with Gasteiger partial charge in [0.2, 0.25) is 5.91 Å². The standard InChI is InChI=1S/C23H36FN3O/c1-18-14-19(2)16-27(15-18)11-3-10-25-23(28)21-8-12-26(13-9-21)17-20-4-6-22(24)7-5-20/h4-7,18-19,21H,3,8-17H2,1-2H3,(H,25,28)/t18-,19-/m1/s1. The second-order valence-electron chi connectivity index (χ2n) is 9.03. The highest BCUT2D eigenvalue weighted by atomic mass is 19.1. The van der Waals surface area contributed by atoms with Gasteiger partial charge in [-0.15, -0.1) is 0 Å². The van der Waals surface area contributed by atoms with Gasteiger partial charge in [0.15, 0.2) is 0 Å². The van der Waals surface area contributed by atoms with Crippen LogP contribution in [0, 0.1) is 23.6 Å². The molecule has 2 atom stereocenters. The molecule has 1 aromatic carbocycles. The van der Waals surface area contributed by atoms with Crippen molar-refractivity contribution in [3.8, 4) is 0 Å². The normalized spacial score (nSPS) is 25.0. The molecule has 0 unspecified atom stereocenters. The fourth-order valence-corrected chi connectivity index (χ4v) is 4.83. The van der Waals surface area contributed by atoms with E-state index < -0.39 is 0 Å². The lowest BCUT2D eigenvalue weighted by Gasteiger charge is -2.35. The third-order valence-corrected chi connectivity index (χ3v) is 6.17. The second-order valence-corrected chi connectivity index (χ2v) is 9.03. The van der Waals surface area contributed by atoms with E-state index in [1.165, 1.54) is 31.6 Å². The Balaban J connectivity index is 1.30. The minimum Gasteiger partial charge on any atom is -0.356 e. The first-order valence-electron chi connectivity index (χ1n) is 11.0. The van der Waals surface area contributed by atoms with Gasteiger partial charge in [-0.1, -0.05) is 26.0 Å². The number of nitrogens with one attached hydrogen (secondary N) is 1. The lowest BCUT2D eigenvalue weighted by Crippen LogP contribution is -2.42. The van der Waals surface area contributed by atoms with Crippen molar-refractivity contribution in [2.75, 3.05) is 39.3 Å². The molecule has 5 heteroatoms. The number of rotatable bonds is 7. The molecule has 3 rings (SSSR count). The maximum absolute atomic E-state index is 13.0. The molecular weight excluding hydrogens is 353 g/mol. The third kappa shape index (κ3) is 6.56. The number of carbonyl (C=O) groups is 1. The van der Waals surface area contributed by atoms with E-state index in [-0.39, 0.29) is 17.6 Å². The van der Waals surface area contributed by atoms with Crippen LogP contribution in [0.2, 0.25) is 0 Å². The Bertz CT molecular complexity index is 603. The van der Waals surface area contributed by atoms with E-state index in [1.54, 1.807) is 0 Å². The molecule has 2 saturated heterocycles. The number of hydrogen-bond donors (Lipinski definition) is 1. The smallest absolute Gasteiger partial charge is 0.223 e. The van der Waals surface area contributed by atoms with Gasteiger partial charge in [-0.3, -0.25) is 9.69 Å². The first kappa shape index (κ1) is 21.3. The summed E-state index contributed by atoms with van der Waals surface area (Å²) in [4.78, 5) is 17.4. The highest BCUT2D eigenvalue weighted by molar-refractivity contribution is 5.78. The van der Waals surface area contributed by atoms with Crippen molar-refractivity contribution in [1.29, 1.82) is 0 Å². The summed E-state index contributed by atoms with van der Waals surface area (Å²) < 4.78 is 13.0.